The molecule has 0 aliphatic heterocycles. The summed E-state index contributed by atoms with van der Waals surface area (Å²) in [6.45, 7) is 0. The smallest absolute Gasteiger partial charge is 0.327 e. The number of benzene rings is 1. The van der Waals surface area contributed by atoms with Gasteiger partial charge >= 0.3 is 5.97 Å². The zero-order chi connectivity index (χ0) is 13.0. The summed E-state index contributed by atoms with van der Waals surface area (Å²) >= 11 is 15.3. The Labute approximate surface area is 113 Å². The van der Waals surface area contributed by atoms with E-state index in [1.807, 2.05) is 0 Å². The Morgan fingerprint density at radius 1 is 1.41 bits per heavy atom. The van der Waals surface area contributed by atoms with E-state index in [4.69, 9.17) is 28.3 Å². The third-order valence-electron chi connectivity index (χ3n) is 1.96. The number of carboxylic acids is 1. The van der Waals surface area contributed by atoms with E-state index < -0.39 is 17.9 Å². The molecule has 0 saturated carbocycles. The first-order valence-electron chi connectivity index (χ1n) is 4.55. The summed E-state index contributed by atoms with van der Waals surface area (Å²) < 4.78 is 0. The molecule has 0 bridgehead atoms. The first kappa shape index (κ1) is 14.2. The monoisotopic (exact) mass is 293 g/mol. The molecule has 92 valence electrons. The third kappa shape index (κ3) is 3.80. The number of nitrogens with one attached hydrogen (secondary N) is 1. The molecule has 0 saturated heterocycles. The lowest BCUT2D eigenvalue weighted by Crippen LogP contribution is -2.42. The van der Waals surface area contributed by atoms with Crippen molar-refractivity contribution >= 4 is 47.7 Å². The molecule has 1 atom stereocenters. The van der Waals surface area contributed by atoms with E-state index in [0.717, 1.165) is 0 Å². The van der Waals surface area contributed by atoms with Gasteiger partial charge in [0.25, 0.3) is 5.91 Å². The fourth-order valence-corrected chi connectivity index (χ4v) is 1.84. The van der Waals surface area contributed by atoms with Crippen molar-refractivity contribution in [2.75, 3.05) is 5.75 Å². The molecule has 2 N–H and O–H groups in total. The lowest BCUT2D eigenvalue weighted by molar-refractivity contribution is -0.138. The second-order valence-corrected chi connectivity index (χ2v) is 4.38. The molecule has 0 aromatic heterocycles. The number of hydrogen-bond acceptors (Lipinski definition) is 3. The Balaban J connectivity index is 2.86. The van der Waals surface area contributed by atoms with Gasteiger partial charge < -0.3 is 10.4 Å². The Kier molecular flexibility index (Phi) is 5.11. The Bertz CT molecular complexity index is 453. The predicted octanol–water partition coefficient (Wildman–Crippen LogP) is 2.11. The van der Waals surface area contributed by atoms with E-state index >= 15 is 0 Å². The van der Waals surface area contributed by atoms with Gasteiger partial charge in [-0.1, -0.05) is 23.2 Å². The molecule has 1 rings (SSSR count). The summed E-state index contributed by atoms with van der Waals surface area (Å²) in [6, 6.07) is 3.28. The van der Waals surface area contributed by atoms with Crippen molar-refractivity contribution in [1.82, 2.24) is 5.32 Å². The van der Waals surface area contributed by atoms with Crippen molar-refractivity contribution in [3.05, 3.63) is 33.8 Å². The molecule has 0 aliphatic rings. The quantitative estimate of drug-likeness (QED) is 0.745. The fourth-order valence-electron chi connectivity index (χ4n) is 1.10. The van der Waals surface area contributed by atoms with Gasteiger partial charge in [-0.25, -0.2) is 4.79 Å². The number of carbonyl (C=O) groups is 2. The molecule has 4 nitrogen and oxygen atoms in total. The largest absolute Gasteiger partial charge is 0.480 e. The molecule has 1 unspecified atom stereocenters. The molecular weight excluding hydrogens is 285 g/mol. The Hall–Kier alpha value is -0.910. The lowest BCUT2D eigenvalue weighted by atomic mass is 10.2. The second-order valence-electron chi connectivity index (χ2n) is 3.17. The van der Waals surface area contributed by atoms with E-state index in [1.54, 1.807) is 0 Å². The van der Waals surface area contributed by atoms with E-state index in [-0.39, 0.29) is 16.3 Å². The molecule has 0 radical (unpaired) electrons. The maximum Gasteiger partial charge on any atom is 0.327 e. The molecule has 7 heteroatoms. The number of rotatable bonds is 4. The molecule has 0 spiro atoms. The molecule has 1 amide bonds. The van der Waals surface area contributed by atoms with Crippen molar-refractivity contribution < 1.29 is 14.7 Å². The maximum absolute atomic E-state index is 11.7. The van der Waals surface area contributed by atoms with Gasteiger partial charge in [-0.2, -0.15) is 12.6 Å². The molecule has 0 fully saturated rings. The van der Waals surface area contributed by atoms with E-state index in [1.165, 1.54) is 18.2 Å². The number of carbonyl (C=O) groups excluding carboxylic acids is 1. The van der Waals surface area contributed by atoms with Crippen molar-refractivity contribution in [2.24, 2.45) is 0 Å². The van der Waals surface area contributed by atoms with Gasteiger partial charge in [0.2, 0.25) is 0 Å². The molecule has 0 heterocycles. The molecule has 0 aliphatic carbocycles. The van der Waals surface area contributed by atoms with Crippen molar-refractivity contribution in [3.63, 3.8) is 0 Å². The number of thiol groups is 1. The maximum atomic E-state index is 11.7. The third-order valence-corrected chi connectivity index (χ3v) is 2.87. The van der Waals surface area contributed by atoms with E-state index in [2.05, 4.69) is 17.9 Å². The zero-order valence-corrected chi connectivity index (χ0v) is 10.9. The van der Waals surface area contributed by atoms with Crippen molar-refractivity contribution in [2.45, 2.75) is 6.04 Å². The average Bonchev–Trinajstić information content (AvgIpc) is 2.24. The summed E-state index contributed by atoms with van der Waals surface area (Å²) in [5, 5.41) is 11.6. The number of amides is 1. The average molecular weight is 294 g/mol. The Morgan fingerprint density at radius 3 is 2.53 bits per heavy atom. The topological polar surface area (TPSA) is 66.4 Å². The normalized spacial score (nSPS) is 11.9. The summed E-state index contributed by atoms with van der Waals surface area (Å²) in [4.78, 5) is 22.4. The van der Waals surface area contributed by atoms with Gasteiger partial charge in [-0.05, 0) is 18.2 Å². The van der Waals surface area contributed by atoms with Crippen LogP contribution in [-0.2, 0) is 4.79 Å². The van der Waals surface area contributed by atoms with Gasteiger partial charge in [0, 0.05) is 10.8 Å². The van der Waals surface area contributed by atoms with Crippen LogP contribution < -0.4 is 5.32 Å². The van der Waals surface area contributed by atoms with Crippen LogP contribution in [0.4, 0.5) is 0 Å². The highest BCUT2D eigenvalue weighted by molar-refractivity contribution is 7.80. The van der Waals surface area contributed by atoms with Gasteiger partial charge in [0.1, 0.15) is 6.04 Å². The van der Waals surface area contributed by atoms with E-state index in [0.29, 0.717) is 5.02 Å². The van der Waals surface area contributed by atoms with Crippen LogP contribution in [0.3, 0.4) is 0 Å². The van der Waals surface area contributed by atoms with Crippen LogP contribution >= 0.6 is 35.8 Å². The van der Waals surface area contributed by atoms with Crippen LogP contribution in [0.2, 0.25) is 10.0 Å². The summed E-state index contributed by atoms with van der Waals surface area (Å²) in [6.07, 6.45) is 0. The highest BCUT2D eigenvalue weighted by atomic mass is 35.5. The SMILES string of the molecule is O=C(NC(CS)C(=O)O)c1ccc(Cl)cc1Cl. The first-order chi connectivity index (χ1) is 7.95. The number of hydrogen-bond donors (Lipinski definition) is 3. The zero-order valence-electron chi connectivity index (χ0n) is 8.48. The molecular formula is C10H9Cl2NO3S. The van der Waals surface area contributed by atoms with Crippen molar-refractivity contribution in [3.8, 4) is 0 Å². The molecule has 1 aromatic rings. The number of carboxylic acid groups (broad SMARTS) is 1. The second kappa shape index (κ2) is 6.14. The summed E-state index contributed by atoms with van der Waals surface area (Å²) in [7, 11) is 0. The van der Waals surface area contributed by atoms with Crippen LogP contribution in [0.15, 0.2) is 18.2 Å². The van der Waals surface area contributed by atoms with Crippen molar-refractivity contribution in [1.29, 1.82) is 0 Å². The minimum absolute atomic E-state index is 0.00766. The van der Waals surface area contributed by atoms with Gasteiger partial charge in [0.15, 0.2) is 0 Å². The number of halogens is 2. The van der Waals surface area contributed by atoms with Crippen LogP contribution in [0, 0.1) is 0 Å². The lowest BCUT2D eigenvalue weighted by Gasteiger charge is -2.12. The van der Waals surface area contributed by atoms with Gasteiger partial charge in [-0.15, -0.1) is 0 Å². The molecule has 17 heavy (non-hydrogen) atoms. The standard InChI is InChI=1S/C10H9Cl2NO3S/c11-5-1-2-6(7(12)3-5)9(14)13-8(4-17)10(15)16/h1-3,8,17H,4H2,(H,13,14)(H,15,16). The summed E-state index contributed by atoms with van der Waals surface area (Å²) in [5.41, 5.74) is 0.170. The van der Waals surface area contributed by atoms with Gasteiger partial charge in [0.05, 0.1) is 10.6 Å². The van der Waals surface area contributed by atoms with Gasteiger partial charge in [-0.3, -0.25) is 4.79 Å². The van der Waals surface area contributed by atoms with Crippen LogP contribution in [-0.4, -0.2) is 28.8 Å². The van der Waals surface area contributed by atoms with Crippen LogP contribution in [0.25, 0.3) is 0 Å². The fraction of sp³-hybridized carbons (Fsp3) is 0.200. The minimum atomic E-state index is -1.15. The predicted molar refractivity (Wildman–Crippen MR) is 69.2 cm³/mol. The minimum Gasteiger partial charge on any atom is -0.480 e. The highest BCUT2D eigenvalue weighted by Crippen LogP contribution is 2.20. The summed E-state index contributed by atoms with van der Waals surface area (Å²) in [5.74, 6) is -1.74. The van der Waals surface area contributed by atoms with Crippen LogP contribution in [0.1, 0.15) is 10.4 Å². The van der Waals surface area contributed by atoms with E-state index in [9.17, 15) is 9.59 Å². The Morgan fingerprint density at radius 2 is 2.06 bits per heavy atom. The van der Waals surface area contributed by atoms with Crippen LogP contribution in [0.5, 0.6) is 0 Å². The highest BCUT2D eigenvalue weighted by Gasteiger charge is 2.20. The molecule has 1 aromatic carbocycles. The number of aliphatic carboxylic acids is 1. The first-order valence-corrected chi connectivity index (χ1v) is 5.94.